The molecule has 1 fully saturated rings. The number of nitrogens with zero attached hydrogens (tertiary/aromatic N) is 4. The van der Waals surface area contributed by atoms with Gasteiger partial charge in [-0.05, 0) is 37.1 Å². The van der Waals surface area contributed by atoms with Gasteiger partial charge in [0.15, 0.2) is 0 Å². The minimum atomic E-state index is -0.244. The number of aromatic nitrogens is 3. The lowest BCUT2D eigenvalue weighted by Gasteiger charge is -2.33. The number of rotatable bonds is 6. The smallest absolute Gasteiger partial charge is 0.223 e. The molecule has 1 amide bonds. The topological polar surface area (TPSA) is 81.4 Å². The minimum Gasteiger partial charge on any atom is -0.368 e. The summed E-state index contributed by atoms with van der Waals surface area (Å²) in [6, 6.07) is 9.77. The molecule has 1 atom stereocenters. The summed E-state index contributed by atoms with van der Waals surface area (Å²) in [5.74, 6) is 0.959. The third kappa shape index (κ3) is 4.41. The first-order chi connectivity index (χ1) is 14.7. The van der Waals surface area contributed by atoms with Crippen LogP contribution in [0, 0.1) is 6.92 Å². The Bertz CT molecular complexity index is 1000. The average Bonchev–Trinajstić information content (AvgIpc) is 3.19. The largest absolute Gasteiger partial charge is 0.368 e. The van der Waals surface area contributed by atoms with Crippen molar-refractivity contribution in [1.29, 1.82) is 0 Å². The van der Waals surface area contributed by atoms with Crippen molar-refractivity contribution in [2.24, 2.45) is 0 Å². The van der Waals surface area contributed by atoms with Gasteiger partial charge in [-0.3, -0.25) is 9.78 Å². The predicted molar refractivity (Wildman–Crippen MR) is 112 cm³/mol. The lowest BCUT2D eigenvalue weighted by Crippen LogP contribution is -2.42. The van der Waals surface area contributed by atoms with E-state index in [1.54, 1.807) is 6.20 Å². The molecule has 3 aromatic rings. The van der Waals surface area contributed by atoms with Crippen LogP contribution in [0.1, 0.15) is 42.2 Å². The summed E-state index contributed by atoms with van der Waals surface area (Å²) in [5, 5.41) is 4.08. The first-order valence-corrected chi connectivity index (χ1v) is 10.4. The maximum Gasteiger partial charge on any atom is 0.223 e. The summed E-state index contributed by atoms with van der Waals surface area (Å²) in [6.45, 7) is 5.57. The second-order valence-corrected chi connectivity index (χ2v) is 7.43. The third-order valence-electron chi connectivity index (χ3n) is 5.38. The molecule has 7 nitrogen and oxygen atoms in total. The van der Waals surface area contributed by atoms with E-state index in [-0.39, 0.29) is 12.0 Å². The van der Waals surface area contributed by atoms with Gasteiger partial charge in [-0.15, -0.1) is 0 Å². The molecule has 1 saturated heterocycles. The maximum atomic E-state index is 12.7. The highest BCUT2D eigenvalue weighted by molar-refractivity contribution is 5.76. The van der Waals surface area contributed by atoms with E-state index in [1.165, 1.54) is 0 Å². The Morgan fingerprint density at radius 1 is 1.27 bits per heavy atom. The highest BCUT2D eigenvalue weighted by Crippen LogP contribution is 2.29. The molecule has 0 N–H and O–H groups in total. The molecule has 30 heavy (non-hydrogen) atoms. The van der Waals surface area contributed by atoms with E-state index in [2.05, 4.69) is 10.1 Å². The maximum absolute atomic E-state index is 12.7. The van der Waals surface area contributed by atoms with Crippen LogP contribution in [-0.4, -0.2) is 45.6 Å². The minimum absolute atomic E-state index is 0.131. The molecular weight excluding hydrogens is 380 g/mol. The fraction of sp³-hybridized carbons (Fsp3) is 0.391. The normalized spacial score (nSPS) is 16.6. The molecule has 0 radical (unpaired) electrons. The van der Waals surface area contributed by atoms with Gasteiger partial charge in [0, 0.05) is 31.8 Å². The predicted octanol–water partition coefficient (Wildman–Crippen LogP) is 3.54. The molecule has 156 valence electrons. The molecular formula is C23H26N4O3. The van der Waals surface area contributed by atoms with Crippen LogP contribution >= 0.6 is 0 Å². The summed E-state index contributed by atoms with van der Waals surface area (Å²) in [7, 11) is 0. The van der Waals surface area contributed by atoms with E-state index < -0.39 is 0 Å². The van der Waals surface area contributed by atoms with Gasteiger partial charge in [0.25, 0.3) is 0 Å². The summed E-state index contributed by atoms with van der Waals surface area (Å²) in [6.07, 6.45) is 5.21. The van der Waals surface area contributed by atoms with Crippen LogP contribution in [0.4, 0.5) is 0 Å². The number of hydrogen-bond donors (Lipinski definition) is 0. The zero-order chi connectivity index (χ0) is 20.9. The Balaban J connectivity index is 1.45. The van der Waals surface area contributed by atoms with Gasteiger partial charge in [-0.2, -0.15) is 0 Å². The number of carbonyl (C=O) groups is 1. The van der Waals surface area contributed by atoms with Crippen LogP contribution < -0.4 is 0 Å². The first kappa shape index (κ1) is 20.2. The quantitative estimate of drug-likeness (QED) is 0.623. The van der Waals surface area contributed by atoms with Gasteiger partial charge in [0.05, 0.1) is 35.8 Å². The Labute approximate surface area is 176 Å². The van der Waals surface area contributed by atoms with Gasteiger partial charge >= 0.3 is 0 Å². The van der Waals surface area contributed by atoms with E-state index in [4.69, 9.17) is 14.2 Å². The first-order valence-electron chi connectivity index (χ1n) is 10.4. The third-order valence-corrected chi connectivity index (χ3v) is 5.38. The molecule has 1 unspecified atom stereocenters. The van der Waals surface area contributed by atoms with E-state index in [9.17, 15) is 4.79 Å². The summed E-state index contributed by atoms with van der Waals surface area (Å²) >= 11 is 0. The van der Waals surface area contributed by atoms with Crippen LogP contribution in [-0.2, 0) is 22.4 Å². The van der Waals surface area contributed by atoms with Crippen LogP contribution in [0.15, 0.2) is 47.2 Å². The van der Waals surface area contributed by atoms with Crippen molar-refractivity contribution in [3.63, 3.8) is 0 Å². The number of pyridine rings is 2. The number of morpholine rings is 1. The number of amides is 1. The van der Waals surface area contributed by atoms with E-state index in [0.717, 1.165) is 40.4 Å². The highest BCUT2D eigenvalue weighted by atomic mass is 16.5. The van der Waals surface area contributed by atoms with Crippen molar-refractivity contribution in [2.75, 3.05) is 19.7 Å². The molecule has 0 aliphatic carbocycles. The number of ether oxygens (including phenoxy) is 1. The van der Waals surface area contributed by atoms with Gasteiger partial charge in [-0.25, -0.2) is 4.98 Å². The Morgan fingerprint density at radius 2 is 2.17 bits per heavy atom. The van der Waals surface area contributed by atoms with Crippen molar-refractivity contribution in [2.45, 2.75) is 39.2 Å². The van der Waals surface area contributed by atoms with Gasteiger partial charge in [0.2, 0.25) is 5.91 Å². The second kappa shape index (κ2) is 9.17. The zero-order valence-corrected chi connectivity index (χ0v) is 17.4. The van der Waals surface area contributed by atoms with Crippen molar-refractivity contribution in [3.8, 4) is 11.3 Å². The van der Waals surface area contributed by atoms with Crippen LogP contribution in [0.2, 0.25) is 0 Å². The van der Waals surface area contributed by atoms with Crippen molar-refractivity contribution >= 4 is 5.91 Å². The van der Waals surface area contributed by atoms with Crippen LogP contribution in [0.25, 0.3) is 11.3 Å². The fourth-order valence-electron chi connectivity index (χ4n) is 3.77. The molecule has 0 bridgehead atoms. The monoisotopic (exact) mass is 406 g/mol. The molecule has 4 heterocycles. The SMILES string of the molecule is CCc1onc(C)c1-c1cccc(C2CN(C(=O)CCc3cccnc3)CCO2)n1. The second-order valence-electron chi connectivity index (χ2n) is 7.43. The molecule has 7 heteroatoms. The van der Waals surface area contributed by atoms with Gasteiger partial charge in [0.1, 0.15) is 11.9 Å². The number of carbonyl (C=O) groups excluding carboxylic acids is 1. The average molecular weight is 406 g/mol. The fourth-order valence-corrected chi connectivity index (χ4v) is 3.77. The highest BCUT2D eigenvalue weighted by Gasteiger charge is 2.27. The van der Waals surface area contributed by atoms with Crippen LogP contribution in [0.5, 0.6) is 0 Å². The Kier molecular flexibility index (Phi) is 6.18. The van der Waals surface area contributed by atoms with Gasteiger partial charge < -0.3 is 14.2 Å². The Hall–Kier alpha value is -3.06. The summed E-state index contributed by atoms with van der Waals surface area (Å²) < 4.78 is 11.4. The Morgan fingerprint density at radius 3 is 2.97 bits per heavy atom. The van der Waals surface area contributed by atoms with Gasteiger partial charge in [-0.1, -0.05) is 24.2 Å². The van der Waals surface area contributed by atoms with E-state index >= 15 is 0 Å². The molecule has 1 aliphatic rings. The zero-order valence-electron chi connectivity index (χ0n) is 17.4. The molecule has 0 spiro atoms. The summed E-state index contributed by atoms with van der Waals surface area (Å²) in [5.41, 5.74) is 4.49. The molecule has 1 aliphatic heterocycles. The molecule has 0 aromatic carbocycles. The van der Waals surface area contributed by atoms with Crippen molar-refractivity contribution in [1.82, 2.24) is 20.0 Å². The van der Waals surface area contributed by atoms with Crippen molar-refractivity contribution < 1.29 is 14.1 Å². The number of aryl methyl sites for hydroxylation is 3. The van der Waals surface area contributed by atoms with Crippen LogP contribution in [0.3, 0.4) is 0 Å². The summed E-state index contributed by atoms with van der Waals surface area (Å²) in [4.78, 5) is 23.5. The van der Waals surface area contributed by atoms with E-state index in [0.29, 0.717) is 32.5 Å². The van der Waals surface area contributed by atoms with Crippen molar-refractivity contribution in [3.05, 3.63) is 65.4 Å². The molecule has 3 aromatic heterocycles. The lowest BCUT2D eigenvalue weighted by molar-refractivity contribution is -0.139. The standard InChI is InChI=1S/C23H26N4O3/c1-3-20-23(16(2)26-30-20)19-8-4-7-18(25-19)21-15-27(12-13-29-21)22(28)10-9-17-6-5-11-24-14-17/h4-8,11,14,21H,3,9-10,12-13,15H2,1-2H3. The lowest BCUT2D eigenvalue weighted by atomic mass is 10.1. The molecule has 4 rings (SSSR count). The molecule has 0 saturated carbocycles. The number of hydrogen-bond acceptors (Lipinski definition) is 6. The van der Waals surface area contributed by atoms with E-state index in [1.807, 2.05) is 55.3 Å².